The first-order valence-electron chi connectivity index (χ1n) is 4.61. The zero-order chi connectivity index (χ0) is 12.6. The molecule has 0 saturated heterocycles. The molecule has 1 aliphatic carbocycles. The second-order valence-corrected chi connectivity index (χ2v) is 3.65. The second kappa shape index (κ2) is 3.88. The van der Waals surface area contributed by atoms with Crippen LogP contribution in [0.5, 0.6) is 0 Å². The van der Waals surface area contributed by atoms with Crippen LogP contribution in [-0.4, -0.2) is 32.4 Å². The normalized spacial score (nSPS) is 25.9. The number of allylic oxidation sites excluding steroid dienone is 2. The van der Waals surface area contributed by atoms with Crippen LogP contribution in [-0.2, 0) is 9.59 Å². The van der Waals surface area contributed by atoms with Gasteiger partial charge in [0.1, 0.15) is 11.5 Å². The SMILES string of the molecule is CC1C(O)=C(C(=O)O)C(C)C(O)=C1C(=O)O. The molecular formula is C10H12O6. The second-order valence-electron chi connectivity index (χ2n) is 3.65. The molecule has 0 saturated carbocycles. The maximum Gasteiger partial charge on any atom is 0.335 e. The molecule has 0 amide bonds. The van der Waals surface area contributed by atoms with Crippen molar-refractivity contribution in [3.8, 4) is 0 Å². The van der Waals surface area contributed by atoms with Crippen molar-refractivity contribution in [2.75, 3.05) is 0 Å². The van der Waals surface area contributed by atoms with E-state index in [2.05, 4.69) is 0 Å². The summed E-state index contributed by atoms with van der Waals surface area (Å²) < 4.78 is 0. The molecule has 0 aromatic carbocycles. The molecule has 0 heterocycles. The van der Waals surface area contributed by atoms with Gasteiger partial charge in [-0.05, 0) is 0 Å². The van der Waals surface area contributed by atoms with E-state index in [0.29, 0.717) is 0 Å². The van der Waals surface area contributed by atoms with E-state index in [1.807, 2.05) is 0 Å². The fourth-order valence-corrected chi connectivity index (χ4v) is 1.77. The van der Waals surface area contributed by atoms with Crippen LogP contribution in [0.1, 0.15) is 13.8 Å². The number of hydrogen-bond acceptors (Lipinski definition) is 4. The third-order valence-corrected chi connectivity index (χ3v) is 2.70. The van der Waals surface area contributed by atoms with Crippen molar-refractivity contribution in [1.82, 2.24) is 0 Å². The first kappa shape index (κ1) is 12.1. The summed E-state index contributed by atoms with van der Waals surface area (Å²) in [6.07, 6.45) is 0. The van der Waals surface area contributed by atoms with Crippen LogP contribution in [0, 0.1) is 11.8 Å². The number of aliphatic hydroxyl groups is 2. The van der Waals surface area contributed by atoms with Crippen molar-refractivity contribution in [2.45, 2.75) is 13.8 Å². The molecule has 0 aromatic heterocycles. The highest BCUT2D eigenvalue weighted by Crippen LogP contribution is 2.36. The van der Waals surface area contributed by atoms with Crippen molar-refractivity contribution in [2.24, 2.45) is 11.8 Å². The molecule has 1 rings (SSSR count). The Morgan fingerprint density at radius 2 is 1.12 bits per heavy atom. The van der Waals surface area contributed by atoms with E-state index >= 15 is 0 Å². The Balaban J connectivity index is 3.36. The van der Waals surface area contributed by atoms with E-state index < -0.39 is 35.3 Å². The van der Waals surface area contributed by atoms with Crippen LogP contribution in [0.15, 0.2) is 22.7 Å². The van der Waals surface area contributed by atoms with Gasteiger partial charge in [0.2, 0.25) is 0 Å². The molecule has 1 aliphatic rings. The zero-order valence-corrected chi connectivity index (χ0v) is 8.76. The molecule has 6 heteroatoms. The van der Waals surface area contributed by atoms with E-state index in [9.17, 15) is 19.8 Å². The van der Waals surface area contributed by atoms with Crippen LogP contribution in [0.2, 0.25) is 0 Å². The van der Waals surface area contributed by atoms with Gasteiger partial charge in [-0.25, -0.2) is 9.59 Å². The summed E-state index contributed by atoms with van der Waals surface area (Å²) in [4.78, 5) is 21.7. The molecule has 88 valence electrons. The average molecular weight is 228 g/mol. The monoisotopic (exact) mass is 228 g/mol. The van der Waals surface area contributed by atoms with Gasteiger partial charge in [0.25, 0.3) is 0 Å². The third kappa shape index (κ3) is 1.62. The first-order valence-corrected chi connectivity index (χ1v) is 4.61. The highest BCUT2D eigenvalue weighted by Gasteiger charge is 2.38. The molecule has 2 unspecified atom stereocenters. The number of hydrogen-bond donors (Lipinski definition) is 4. The molecule has 0 aliphatic heterocycles. The number of carboxylic acid groups (broad SMARTS) is 2. The molecule has 0 fully saturated rings. The van der Waals surface area contributed by atoms with Gasteiger partial charge in [0, 0.05) is 11.8 Å². The maximum atomic E-state index is 10.8. The van der Waals surface area contributed by atoms with Crippen LogP contribution in [0.4, 0.5) is 0 Å². The molecule has 4 N–H and O–H groups in total. The van der Waals surface area contributed by atoms with Crippen molar-refractivity contribution in [3.63, 3.8) is 0 Å². The van der Waals surface area contributed by atoms with Crippen molar-refractivity contribution < 1.29 is 30.0 Å². The number of rotatable bonds is 2. The average Bonchev–Trinajstić information content (AvgIpc) is 2.14. The minimum absolute atomic E-state index is 0.366. The quantitative estimate of drug-likeness (QED) is 0.561. The van der Waals surface area contributed by atoms with E-state index in [4.69, 9.17) is 10.2 Å². The zero-order valence-electron chi connectivity index (χ0n) is 8.76. The predicted octanol–water partition coefficient (Wildman–Crippen LogP) is 1.07. The lowest BCUT2D eigenvalue weighted by Crippen LogP contribution is -2.28. The highest BCUT2D eigenvalue weighted by molar-refractivity contribution is 5.93. The standard InChI is InChI=1S/C10H12O6/c1-3-5(9(13)14)8(12)4(2)6(7(3)11)10(15)16/h3-4,11-12H,1-2H3,(H,13,14)(H,15,16). The van der Waals surface area contributed by atoms with Crippen molar-refractivity contribution in [3.05, 3.63) is 22.7 Å². The van der Waals surface area contributed by atoms with E-state index in [0.717, 1.165) is 0 Å². The van der Waals surface area contributed by atoms with Crippen LogP contribution < -0.4 is 0 Å². The molecule has 0 aromatic rings. The minimum Gasteiger partial charge on any atom is -0.511 e. The molecule has 6 nitrogen and oxygen atoms in total. The number of aliphatic carboxylic acids is 2. The Labute approximate surface area is 91.1 Å². The lowest BCUT2D eigenvalue weighted by atomic mass is 9.81. The van der Waals surface area contributed by atoms with E-state index in [-0.39, 0.29) is 11.1 Å². The van der Waals surface area contributed by atoms with Gasteiger partial charge < -0.3 is 20.4 Å². The summed E-state index contributed by atoms with van der Waals surface area (Å²) in [5.74, 6) is -5.83. The van der Waals surface area contributed by atoms with Crippen molar-refractivity contribution in [1.29, 1.82) is 0 Å². The summed E-state index contributed by atoms with van der Waals surface area (Å²) in [6, 6.07) is 0. The fraction of sp³-hybridized carbons (Fsp3) is 0.400. The molecule has 16 heavy (non-hydrogen) atoms. The topological polar surface area (TPSA) is 115 Å². The van der Waals surface area contributed by atoms with Crippen LogP contribution in [0.3, 0.4) is 0 Å². The van der Waals surface area contributed by atoms with Crippen LogP contribution >= 0.6 is 0 Å². The predicted molar refractivity (Wildman–Crippen MR) is 52.9 cm³/mol. The van der Waals surface area contributed by atoms with Gasteiger partial charge in [-0.15, -0.1) is 0 Å². The van der Waals surface area contributed by atoms with Gasteiger partial charge in [0.05, 0.1) is 11.1 Å². The van der Waals surface area contributed by atoms with E-state index in [1.165, 1.54) is 13.8 Å². The maximum absolute atomic E-state index is 10.8. The van der Waals surface area contributed by atoms with Gasteiger partial charge in [-0.2, -0.15) is 0 Å². The number of carbonyl (C=O) groups is 2. The Bertz CT molecular complexity index is 377. The highest BCUT2D eigenvalue weighted by atomic mass is 16.4. The Morgan fingerprint density at radius 1 is 0.875 bits per heavy atom. The molecule has 2 atom stereocenters. The fourth-order valence-electron chi connectivity index (χ4n) is 1.77. The van der Waals surface area contributed by atoms with Crippen LogP contribution in [0.25, 0.3) is 0 Å². The lowest BCUT2D eigenvalue weighted by Gasteiger charge is -2.25. The lowest BCUT2D eigenvalue weighted by molar-refractivity contribution is -0.135. The van der Waals surface area contributed by atoms with Gasteiger partial charge in [-0.1, -0.05) is 13.8 Å². The molecular weight excluding hydrogens is 216 g/mol. The summed E-state index contributed by atoms with van der Waals surface area (Å²) >= 11 is 0. The minimum atomic E-state index is -1.37. The smallest absolute Gasteiger partial charge is 0.335 e. The first-order chi connectivity index (χ1) is 7.29. The Morgan fingerprint density at radius 3 is 1.31 bits per heavy atom. The summed E-state index contributed by atoms with van der Waals surface area (Å²) in [5.41, 5.74) is -0.731. The molecule has 0 spiro atoms. The Hall–Kier alpha value is -1.98. The number of aliphatic hydroxyl groups excluding tert-OH is 2. The van der Waals surface area contributed by atoms with Gasteiger partial charge in [-0.3, -0.25) is 0 Å². The van der Waals surface area contributed by atoms with E-state index in [1.54, 1.807) is 0 Å². The van der Waals surface area contributed by atoms with Gasteiger partial charge in [0.15, 0.2) is 0 Å². The summed E-state index contributed by atoms with van der Waals surface area (Å²) in [5, 5.41) is 36.9. The molecule has 0 bridgehead atoms. The largest absolute Gasteiger partial charge is 0.511 e. The summed E-state index contributed by atoms with van der Waals surface area (Å²) in [7, 11) is 0. The van der Waals surface area contributed by atoms with Crippen molar-refractivity contribution >= 4 is 11.9 Å². The Kier molecular flexibility index (Phi) is 2.93. The summed E-state index contributed by atoms with van der Waals surface area (Å²) in [6.45, 7) is 2.65. The number of carboxylic acids is 2. The molecule has 0 radical (unpaired) electrons. The third-order valence-electron chi connectivity index (χ3n) is 2.70. The van der Waals surface area contributed by atoms with Gasteiger partial charge >= 0.3 is 11.9 Å².